The fraction of sp³-hybridized carbons (Fsp3) is 0.474. The highest BCUT2D eigenvalue weighted by Crippen LogP contribution is 2.22. The molecule has 2 amide bonds. The Labute approximate surface area is 151 Å². The smallest absolute Gasteiger partial charge is 0.317 e. The van der Waals surface area contributed by atoms with Crippen molar-refractivity contribution in [2.45, 2.75) is 26.2 Å². The molecular weight excluding hydrogens is 337 g/mol. The number of hydrogen-bond acceptors (Lipinski definition) is 2. The van der Waals surface area contributed by atoms with E-state index in [0.29, 0.717) is 19.5 Å². The van der Waals surface area contributed by atoms with Crippen LogP contribution in [0.25, 0.3) is 10.9 Å². The highest BCUT2D eigenvalue weighted by molar-refractivity contribution is 5.83. The second kappa shape index (κ2) is 7.76. The molecule has 1 aliphatic rings. The Balaban J connectivity index is 1.49. The summed E-state index contributed by atoms with van der Waals surface area (Å²) >= 11 is 0. The zero-order valence-corrected chi connectivity index (χ0v) is 14.8. The van der Waals surface area contributed by atoms with Gasteiger partial charge in [-0.1, -0.05) is 6.92 Å². The van der Waals surface area contributed by atoms with Gasteiger partial charge in [0.1, 0.15) is 5.82 Å². The van der Waals surface area contributed by atoms with E-state index in [-0.39, 0.29) is 24.3 Å². The lowest BCUT2D eigenvalue weighted by atomic mass is 9.91. The molecule has 1 aromatic carbocycles. The number of halogens is 1. The molecule has 2 unspecified atom stereocenters. The predicted molar refractivity (Wildman–Crippen MR) is 96.5 cm³/mol. The summed E-state index contributed by atoms with van der Waals surface area (Å²) in [5.41, 5.74) is 1.92. The molecule has 3 rings (SSSR count). The molecule has 3 N–H and O–H groups in total. The van der Waals surface area contributed by atoms with Crippen molar-refractivity contribution in [1.82, 2.24) is 15.2 Å². The topological polar surface area (TPSA) is 85.4 Å². The standard InChI is InChI=1S/C19H24FN3O3/c1-12-7-14(18(24)25)11-23(10-12)19(26)21-6-2-3-13-9-22-17-5-4-15(20)8-16(13)17/h4-5,8-9,12,14,22H,2-3,6-7,10-11H2,1H3,(H,21,26)(H,24,25). The van der Waals surface area contributed by atoms with E-state index in [2.05, 4.69) is 10.3 Å². The molecule has 7 heteroatoms. The van der Waals surface area contributed by atoms with Crippen LogP contribution in [0.15, 0.2) is 24.4 Å². The molecule has 2 atom stereocenters. The van der Waals surface area contributed by atoms with Gasteiger partial charge >= 0.3 is 12.0 Å². The lowest BCUT2D eigenvalue weighted by Gasteiger charge is -2.34. The average molecular weight is 361 g/mol. The van der Waals surface area contributed by atoms with Crippen LogP contribution in [-0.2, 0) is 11.2 Å². The molecule has 0 saturated carbocycles. The second-order valence-electron chi connectivity index (χ2n) is 7.12. The summed E-state index contributed by atoms with van der Waals surface area (Å²) < 4.78 is 13.4. The molecule has 0 radical (unpaired) electrons. The lowest BCUT2D eigenvalue weighted by molar-refractivity contribution is -0.143. The molecule has 1 aliphatic heterocycles. The van der Waals surface area contributed by atoms with Gasteiger partial charge in [-0.05, 0) is 48.9 Å². The number of aryl methyl sites for hydroxylation is 1. The van der Waals surface area contributed by atoms with E-state index in [1.165, 1.54) is 12.1 Å². The van der Waals surface area contributed by atoms with Crippen molar-refractivity contribution in [1.29, 1.82) is 0 Å². The van der Waals surface area contributed by atoms with Gasteiger partial charge in [0.2, 0.25) is 0 Å². The number of carboxylic acids is 1. The molecule has 2 aromatic rings. The van der Waals surface area contributed by atoms with Crippen LogP contribution in [0.4, 0.5) is 9.18 Å². The maximum atomic E-state index is 13.4. The number of H-pyrrole nitrogens is 1. The van der Waals surface area contributed by atoms with Crippen LogP contribution in [0.2, 0.25) is 0 Å². The lowest BCUT2D eigenvalue weighted by Crippen LogP contribution is -2.49. The number of carbonyl (C=O) groups excluding carboxylic acids is 1. The number of aromatic amines is 1. The molecule has 1 saturated heterocycles. The molecule has 0 bridgehead atoms. The molecule has 2 heterocycles. The van der Waals surface area contributed by atoms with Gasteiger partial charge in [0.15, 0.2) is 0 Å². The van der Waals surface area contributed by atoms with Crippen LogP contribution in [-0.4, -0.2) is 46.6 Å². The minimum absolute atomic E-state index is 0.178. The van der Waals surface area contributed by atoms with E-state index in [9.17, 15) is 19.1 Å². The number of aliphatic carboxylic acids is 1. The Morgan fingerprint density at radius 1 is 1.38 bits per heavy atom. The zero-order valence-electron chi connectivity index (χ0n) is 14.8. The molecule has 26 heavy (non-hydrogen) atoms. The van der Waals surface area contributed by atoms with Crippen LogP contribution < -0.4 is 5.32 Å². The van der Waals surface area contributed by atoms with Crippen LogP contribution in [0.3, 0.4) is 0 Å². The normalized spacial score (nSPS) is 20.3. The number of rotatable bonds is 5. The maximum absolute atomic E-state index is 13.4. The summed E-state index contributed by atoms with van der Waals surface area (Å²) in [7, 11) is 0. The third-order valence-electron chi connectivity index (χ3n) is 4.92. The first-order valence-electron chi connectivity index (χ1n) is 8.95. The SMILES string of the molecule is CC1CC(C(=O)O)CN(C(=O)NCCCc2c[nH]c3ccc(F)cc23)C1. The highest BCUT2D eigenvalue weighted by atomic mass is 19.1. The Bertz CT molecular complexity index is 804. The number of amides is 2. The van der Waals surface area contributed by atoms with Gasteiger partial charge in [-0.2, -0.15) is 0 Å². The van der Waals surface area contributed by atoms with Gasteiger partial charge in [-0.15, -0.1) is 0 Å². The van der Waals surface area contributed by atoms with E-state index < -0.39 is 11.9 Å². The Morgan fingerprint density at radius 3 is 2.96 bits per heavy atom. The summed E-state index contributed by atoms with van der Waals surface area (Å²) in [4.78, 5) is 28.2. The van der Waals surface area contributed by atoms with Crippen molar-refractivity contribution in [2.75, 3.05) is 19.6 Å². The molecule has 1 fully saturated rings. The van der Waals surface area contributed by atoms with Gasteiger partial charge < -0.3 is 20.3 Å². The molecule has 6 nitrogen and oxygen atoms in total. The monoisotopic (exact) mass is 361 g/mol. The molecule has 0 spiro atoms. The number of nitrogens with zero attached hydrogens (tertiary/aromatic N) is 1. The van der Waals surface area contributed by atoms with Crippen molar-refractivity contribution < 1.29 is 19.1 Å². The Kier molecular flexibility index (Phi) is 5.44. The number of piperidine rings is 1. The molecular formula is C19H24FN3O3. The molecule has 1 aromatic heterocycles. The van der Waals surface area contributed by atoms with E-state index in [1.807, 2.05) is 13.1 Å². The van der Waals surface area contributed by atoms with Gasteiger partial charge in [0.25, 0.3) is 0 Å². The Hall–Kier alpha value is -2.57. The van der Waals surface area contributed by atoms with Gasteiger partial charge in [-0.3, -0.25) is 4.79 Å². The second-order valence-corrected chi connectivity index (χ2v) is 7.12. The van der Waals surface area contributed by atoms with Crippen LogP contribution >= 0.6 is 0 Å². The Morgan fingerprint density at radius 2 is 2.19 bits per heavy atom. The third kappa shape index (κ3) is 4.15. The van der Waals surface area contributed by atoms with Gasteiger partial charge in [0, 0.05) is 36.7 Å². The number of benzene rings is 1. The third-order valence-corrected chi connectivity index (χ3v) is 4.92. The minimum Gasteiger partial charge on any atom is -0.481 e. The summed E-state index contributed by atoms with van der Waals surface area (Å²) in [6.07, 6.45) is 3.92. The maximum Gasteiger partial charge on any atom is 0.317 e. The largest absolute Gasteiger partial charge is 0.481 e. The summed E-state index contributed by atoms with van der Waals surface area (Å²) in [6, 6.07) is 4.44. The van der Waals surface area contributed by atoms with Crippen LogP contribution in [0.5, 0.6) is 0 Å². The van der Waals surface area contributed by atoms with Crippen molar-refractivity contribution in [3.05, 3.63) is 35.8 Å². The summed E-state index contributed by atoms with van der Waals surface area (Å²) in [6.45, 7) is 3.29. The van der Waals surface area contributed by atoms with Crippen molar-refractivity contribution in [3.8, 4) is 0 Å². The van der Waals surface area contributed by atoms with Gasteiger partial charge in [-0.25, -0.2) is 9.18 Å². The zero-order chi connectivity index (χ0) is 18.7. The number of hydrogen-bond donors (Lipinski definition) is 3. The molecule has 0 aliphatic carbocycles. The first-order valence-corrected chi connectivity index (χ1v) is 8.95. The molecule has 140 valence electrons. The summed E-state index contributed by atoms with van der Waals surface area (Å²) in [5.74, 6) is -1.43. The van der Waals surface area contributed by atoms with Crippen molar-refractivity contribution in [2.24, 2.45) is 11.8 Å². The number of aromatic nitrogens is 1. The van der Waals surface area contributed by atoms with E-state index in [0.717, 1.165) is 29.3 Å². The van der Waals surface area contributed by atoms with Gasteiger partial charge in [0.05, 0.1) is 5.92 Å². The average Bonchev–Trinajstić information content (AvgIpc) is 3.00. The predicted octanol–water partition coefficient (Wildman–Crippen LogP) is 2.99. The highest BCUT2D eigenvalue weighted by Gasteiger charge is 2.31. The van der Waals surface area contributed by atoms with Crippen molar-refractivity contribution in [3.63, 3.8) is 0 Å². The number of likely N-dealkylation sites (tertiary alicyclic amines) is 1. The first-order chi connectivity index (χ1) is 12.4. The van der Waals surface area contributed by atoms with E-state index >= 15 is 0 Å². The number of nitrogens with one attached hydrogen (secondary N) is 2. The fourth-order valence-electron chi connectivity index (χ4n) is 3.64. The van der Waals surface area contributed by atoms with Crippen molar-refractivity contribution >= 4 is 22.9 Å². The van der Waals surface area contributed by atoms with Crippen LogP contribution in [0, 0.1) is 17.7 Å². The summed E-state index contributed by atoms with van der Waals surface area (Å²) in [5, 5.41) is 12.9. The van der Waals surface area contributed by atoms with E-state index in [4.69, 9.17) is 0 Å². The van der Waals surface area contributed by atoms with E-state index in [1.54, 1.807) is 11.0 Å². The number of urea groups is 1. The number of fused-ring (bicyclic) bond motifs is 1. The number of carboxylic acid groups (broad SMARTS) is 1. The number of carbonyl (C=O) groups is 2. The first kappa shape index (κ1) is 18.2. The minimum atomic E-state index is -0.846. The fourth-order valence-corrected chi connectivity index (χ4v) is 3.64. The van der Waals surface area contributed by atoms with Crippen LogP contribution in [0.1, 0.15) is 25.3 Å². The quantitative estimate of drug-likeness (QED) is 0.716.